The number of rotatable bonds is 5. The maximum Gasteiger partial charge on any atom is 0.340 e. The van der Waals surface area contributed by atoms with Crippen LogP contribution in [-0.4, -0.2) is 90.3 Å². The lowest BCUT2D eigenvalue weighted by atomic mass is 9.86. The van der Waals surface area contributed by atoms with Crippen molar-refractivity contribution in [2.24, 2.45) is 11.0 Å². The van der Waals surface area contributed by atoms with Gasteiger partial charge in [0.2, 0.25) is 5.91 Å². The molecule has 9 heteroatoms. The van der Waals surface area contributed by atoms with Crippen LogP contribution in [0.25, 0.3) is 0 Å². The highest BCUT2D eigenvalue weighted by atomic mass is 19.1. The number of fused-ring (bicyclic) bond motifs is 3. The first-order chi connectivity index (χ1) is 17.4. The van der Waals surface area contributed by atoms with Gasteiger partial charge in [0.25, 0.3) is 0 Å². The van der Waals surface area contributed by atoms with E-state index >= 15 is 0 Å². The molecule has 1 saturated heterocycles. The first-order valence-corrected chi connectivity index (χ1v) is 12.5. The van der Waals surface area contributed by atoms with Gasteiger partial charge in [-0.15, -0.1) is 0 Å². The van der Waals surface area contributed by atoms with Crippen LogP contribution in [0.15, 0.2) is 53.6 Å². The first-order valence-electron chi connectivity index (χ1n) is 12.5. The number of nitrogens with zero attached hydrogens (tertiary/aromatic N) is 5. The fraction of sp³-hybridized carbons (Fsp3) is 0.444. The van der Waals surface area contributed by atoms with Gasteiger partial charge in [0, 0.05) is 52.3 Å². The van der Waals surface area contributed by atoms with Gasteiger partial charge in [-0.1, -0.05) is 30.3 Å². The number of hydrogen-bond donors (Lipinski definition) is 0. The van der Waals surface area contributed by atoms with Gasteiger partial charge in [0.05, 0.1) is 24.3 Å². The Bertz CT molecular complexity index is 1150. The molecule has 3 aliphatic heterocycles. The molecular weight excluding hydrogens is 461 g/mol. The van der Waals surface area contributed by atoms with Crippen molar-refractivity contribution in [2.75, 3.05) is 52.9 Å². The second kappa shape index (κ2) is 10.3. The summed E-state index contributed by atoms with van der Waals surface area (Å²) in [6.45, 7) is 6.63. The third kappa shape index (κ3) is 4.80. The fourth-order valence-electron chi connectivity index (χ4n) is 5.28. The van der Waals surface area contributed by atoms with Crippen LogP contribution in [0.1, 0.15) is 30.5 Å². The molecule has 0 N–H and O–H groups in total. The van der Waals surface area contributed by atoms with Gasteiger partial charge in [0.15, 0.2) is 0 Å². The summed E-state index contributed by atoms with van der Waals surface area (Å²) in [7, 11) is 1.80. The Balaban J connectivity index is 1.29. The SMILES string of the molecule is CC(=O)N1CCN(CCCN(C)C(=O)N2N=C3c4cc(F)ccc4OC[C@@H]3[C@H]2c2ccccc2)CC1. The summed E-state index contributed by atoms with van der Waals surface area (Å²) in [6.07, 6.45) is 0.823. The second-order valence-electron chi connectivity index (χ2n) is 9.65. The average molecular weight is 494 g/mol. The topological polar surface area (TPSA) is 68.7 Å². The van der Waals surface area contributed by atoms with E-state index in [-0.39, 0.29) is 29.7 Å². The lowest BCUT2D eigenvalue weighted by Gasteiger charge is -2.34. The Kier molecular flexibility index (Phi) is 6.91. The molecular formula is C27H32FN5O3. The number of halogens is 1. The van der Waals surface area contributed by atoms with E-state index in [1.165, 1.54) is 12.1 Å². The van der Waals surface area contributed by atoms with Crippen LogP contribution < -0.4 is 4.74 Å². The molecule has 2 atom stereocenters. The number of piperazine rings is 1. The van der Waals surface area contributed by atoms with Crippen molar-refractivity contribution in [3.63, 3.8) is 0 Å². The lowest BCUT2D eigenvalue weighted by molar-refractivity contribution is -0.130. The Morgan fingerprint density at radius 1 is 1.11 bits per heavy atom. The van der Waals surface area contributed by atoms with Crippen LogP contribution in [0.2, 0.25) is 0 Å². The summed E-state index contributed by atoms with van der Waals surface area (Å²) in [5, 5.41) is 6.30. The molecule has 36 heavy (non-hydrogen) atoms. The summed E-state index contributed by atoms with van der Waals surface area (Å²) in [5.74, 6) is 0.168. The van der Waals surface area contributed by atoms with E-state index in [1.54, 1.807) is 29.9 Å². The molecule has 3 aliphatic rings. The normalized spacial score (nSPS) is 21.4. The Morgan fingerprint density at radius 2 is 1.86 bits per heavy atom. The van der Waals surface area contributed by atoms with E-state index in [1.807, 2.05) is 35.2 Å². The van der Waals surface area contributed by atoms with Crippen molar-refractivity contribution >= 4 is 17.6 Å². The minimum Gasteiger partial charge on any atom is -0.492 e. The van der Waals surface area contributed by atoms with Gasteiger partial charge < -0.3 is 14.5 Å². The van der Waals surface area contributed by atoms with Gasteiger partial charge in [0.1, 0.15) is 11.6 Å². The van der Waals surface area contributed by atoms with Crippen molar-refractivity contribution in [3.8, 4) is 5.75 Å². The maximum atomic E-state index is 14.1. The van der Waals surface area contributed by atoms with Gasteiger partial charge >= 0.3 is 6.03 Å². The number of hydrazone groups is 1. The summed E-state index contributed by atoms with van der Waals surface area (Å²) < 4.78 is 20.0. The number of carbonyl (C=O) groups excluding carboxylic acids is 2. The average Bonchev–Trinajstić information content (AvgIpc) is 3.29. The molecule has 8 nitrogen and oxygen atoms in total. The zero-order valence-electron chi connectivity index (χ0n) is 20.8. The van der Waals surface area contributed by atoms with Crippen molar-refractivity contribution in [3.05, 3.63) is 65.5 Å². The molecule has 0 aliphatic carbocycles. The second-order valence-corrected chi connectivity index (χ2v) is 9.65. The standard InChI is InChI=1S/C27H32FN5O3/c1-19(34)32-15-13-31(14-16-32)12-6-11-30(2)27(35)33-26(20-7-4-3-5-8-20)23-18-36-24-10-9-21(28)17-22(24)25(23)29-33/h3-5,7-10,17,23,26H,6,11-16,18H2,1-2H3/t23-,26+/m0/s1. The van der Waals surface area contributed by atoms with Crippen LogP contribution in [0.3, 0.4) is 0 Å². The zero-order chi connectivity index (χ0) is 25.2. The van der Waals surface area contributed by atoms with Crippen LogP contribution in [0.4, 0.5) is 9.18 Å². The van der Waals surface area contributed by atoms with E-state index in [0.717, 1.165) is 44.7 Å². The Labute approximate surface area is 210 Å². The Hall–Kier alpha value is -3.46. The van der Waals surface area contributed by atoms with Gasteiger partial charge in [-0.3, -0.25) is 9.69 Å². The van der Waals surface area contributed by atoms with Crippen LogP contribution in [0.5, 0.6) is 5.75 Å². The third-order valence-corrected chi connectivity index (χ3v) is 7.30. The fourth-order valence-corrected chi connectivity index (χ4v) is 5.28. The number of urea groups is 1. The van der Waals surface area contributed by atoms with E-state index < -0.39 is 0 Å². The summed E-state index contributed by atoms with van der Waals surface area (Å²) in [5.41, 5.74) is 2.26. The van der Waals surface area contributed by atoms with Gasteiger partial charge in [-0.05, 0) is 36.7 Å². The summed E-state index contributed by atoms with van der Waals surface area (Å²) in [4.78, 5) is 31.1. The molecule has 0 saturated carbocycles. The quantitative estimate of drug-likeness (QED) is 0.642. The molecule has 2 aromatic carbocycles. The number of ether oxygens (including phenoxy) is 1. The smallest absolute Gasteiger partial charge is 0.340 e. The molecule has 2 aromatic rings. The van der Waals surface area contributed by atoms with E-state index in [9.17, 15) is 14.0 Å². The van der Waals surface area contributed by atoms with Crippen molar-refractivity contribution in [1.29, 1.82) is 0 Å². The maximum absolute atomic E-state index is 14.1. The van der Waals surface area contributed by atoms with E-state index in [0.29, 0.717) is 30.2 Å². The molecule has 5 rings (SSSR count). The highest BCUT2D eigenvalue weighted by molar-refractivity contribution is 6.07. The highest BCUT2D eigenvalue weighted by Gasteiger charge is 2.45. The summed E-state index contributed by atoms with van der Waals surface area (Å²) in [6, 6.07) is 13.7. The van der Waals surface area contributed by atoms with Crippen LogP contribution >= 0.6 is 0 Å². The van der Waals surface area contributed by atoms with Gasteiger partial charge in [-0.2, -0.15) is 5.10 Å². The van der Waals surface area contributed by atoms with Crippen LogP contribution in [0, 0.1) is 11.7 Å². The Morgan fingerprint density at radius 3 is 2.58 bits per heavy atom. The van der Waals surface area contributed by atoms with E-state index in [4.69, 9.17) is 9.84 Å². The molecule has 190 valence electrons. The lowest BCUT2D eigenvalue weighted by Crippen LogP contribution is -2.48. The minimum absolute atomic E-state index is 0.122. The minimum atomic E-state index is -0.358. The van der Waals surface area contributed by atoms with Crippen molar-refractivity contribution in [2.45, 2.75) is 19.4 Å². The van der Waals surface area contributed by atoms with Crippen LogP contribution in [-0.2, 0) is 4.79 Å². The first kappa shape index (κ1) is 24.2. The highest BCUT2D eigenvalue weighted by Crippen LogP contribution is 2.43. The molecule has 3 heterocycles. The molecule has 0 spiro atoms. The molecule has 0 radical (unpaired) electrons. The molecule has 0 aromatic heterocycles. The predicted octanol–water partition coefficient (Wildman–Crippen LogP) is 3.20. The van der Waals surface area contributed by atoms with Gasteiger partial charge in [-0.25, -0.2) is 14.2 Å². The van der Waals surface area contributed by atoms with E-state index in [2.05, 4.69) is 4.90 Å². The molecule has 3 amide bonds. The third-order valence-electron chi connectivity index (χ3n) is 7.30. The molecule has 0 bridgehead atoms. The molecule has 0 unspecified atom stereocenters. The van der Waals surface area contributed by atoms with Crippen molar-refractivity contribution < 1.29 is 18.7 Å². The summed E-state index contributed by atoms with van der Waals surface area (Å²) >= 11 is 0. The largest absolute Gasteiger partial charge is 0.492 e. The van der Waals surface area contributed by atoms with Crippen molar-refractivity contribution in [1.82, 2.24) is 19.7 Å². The monoisotopic (exact) mass is 493 g/mol. The zero-order valence-corrected chi connectivity index (χ0v) is 20.8. The number of carbonyl (C=O) groups is 2. The molecule has 1 fully saturated rings. The number of benzene rings is 2. The number of amides is 3. The number of hydrogen-bond acceptors (Lipinski definition) is 5. The predicted molar refractivity (Wildman–Crippen MR) is 134 cm³/mol.